The zero-order valence-electron chi connectivity index (χ0n) is 12.7. The second kappa shape index (κ2) is 6.87. The normalized spacial score (nSPS) is 11.2. The van der Waals surface area contributed by atoms with Gasteiger partial charge in [0, 0.05) is 11.8 Å². The molecule has 22 heavy (non-hydrogen) atoms. The molecule has 0 N–H and O–H groups in total. The van der Waals surface area contributed by atoms with Crippen LogP contribution >= 0.6 is 11.8 Å². The number of hydrogen-bond donors (Lipinski definition) is 0. The van der Waals surface area contributed by atoms with Gasteiger partial charge in [-0.15, -0.1) is 0 Å². The average Bonchev–Trinajstić information content (AvgIpc) is 2.98. The fourth-order valence-electron chi connectivity index (χ4n) is 2.18. The van der Waals surface area contributed by atoms with Gasteiger partial charge in [-0.25, -0.2) is 9.97 Å². The van der Waals surface area contributed by atoms with Crippen molar-refractivity contribution in [2.24, 2.45) is 0 Å². The highest BCUT2D eigenvalue weighted by molar-refractivity contribution is 7.98. The summed E-state index contributed by atoms with van der Waals surface area (Å²) in [7, 11) is 0. The van der Waals surface area contributed by atoms with Crippen LogP contribution < -0.4 is 0 Å². The standard InChI is InChI=1S/C16H18N4OS/c1-3-4-9-14-19-15(21-20-14)10-22-16-12-7-5-6-8-13(12)17-11(2)18-16/h5-8H,3-4,9-10H2,1-2H3. The smallest absolute Gasteiger partial charge is 0.237 e. The van der Waals surface area contributed by atoms with Crippen LogP contribution in [0.25, 0.3) is 10.9 Å². The van der Waals surface area contributed by atoms with Crippen molar-refractivity contribution in [2.75, 3.05) is 0 Å². The summed E-state index contributed by atoms with van der Waals surface area (Å²) < 4.78 is 5.30. The van der Waals surface area contributed by atoms with Crippen molar-refractivity contribution in [1.29, 1.82) is 0 Å². The van der Waals surface area contributed by atoms with E-state index in [0.29, 0.717) is 11.6 Å². The fraction of sp³-hybridized carbons (Fsp3) is 0.375. The first-order valence-electron chi connectivity index (χ1n) is 7.44. The Morgan fingerprint density at radius 1 is 1.14 bits per heavy atom. The molecule has 0 amide bonds. The largest absolute Gasteiger partial charge is 0.338 e. The molecule has 3 rings (SSSR count). The van der Waals surface area contributed by atoms with Crippen LogP contribution in [0.1, 0.15) is 37.3 Å². The van der Waals surface area contributed by atoms with E-state index in [1.807, 2.05) is 31.2 Å². The summed E-state index contributed by atoms with van der Waals surface area (Å²) in [6.07, 6.45) is 3.09. The topological polar surface area (TPSA) is 64.7 Å². The number of hydrogen-bond acceptors (Lipinski definition) is 6. The van der Waals surface area contributed by atoms with Crippen molar-refractivity contribution in [1.82, 2.24) is 20.1 Å². The molecule has 2 aromatic heterocycles. The van der Waals surface area contributed by atoms with Crippen molar-refractivity contribution in [3.8, 4) is 0 Å². The van der Waals surface area contributed by atoms with Gasteiger partial charge in [-0.05, 0) is 19.4 Å². The van der Waals surface area contributed by atoms with E-state index in [4.69, 9.17) is 4.52 Å². The molecule has 0 aliphatic carbocycles. The van der Waals surface area contributed by atoms with Gasteiger partial charge in [-0.1, -0.05) is 48.5 Å². The predicted molar refractivity (Wildman–Crippen MR) is 86.7 cm³/mol. The number of thioether (sulfide) groups is 1. The van der Waals surface area contributed by atoms with E-state index in [1.165, 1.54) is 0 Å². The van der Waals surface area contributed by atoms with Gasteiger partial charge in [-0.3, -0.25) is 0 Å². The lowest BCUT2D eigenvalue weighted by atomic mass is 10.2. The monoisotopic (exact) mass is 314 g/mol. The van der Waals surface area contributed by atoms with Gasteiger partial charge in [0.25, 0.3) is 0 Å². The van der Waals surface area contributed by atoms with Gasteiger partial charge in [0.1, 0.15) is 10.9 Å². The summed E-state index contributed by atoms with van der Waals surface area (Å²) in [5.74, 6) is 2.84. The number of aryl methyl sites for hydroxylation is 2. The van der Waals surface area contributed by atoms with Crippen molar-refractivity contribution < 1.29 is 4.52 Å². The lowest BCUT2D eigenvalue weighted by Crippen LogP contribution is -1.93. The van der Waals surface area contributed by atoms with Crippen LogP contribution in [-0.2, 0) is 12.2 Å². The Hall–Kier alpha value is -1.95. The Kier molecular flexibility index (Phi) is 4.68. The van der Waals surface area contributed by atoms with Crippen LogP contribution in [0.4, 0.5) is 0 Å². The summed E-state index contributed by atoms with van der Waals surface area (Å²) in [5.41, 5.74) is 0.965. The van der Waals surface area contributed by atoms with Crippen LogP contribution in [0.3, 0.4) is 0 Å². The molecule has 0 saturated heterocycles. The number of rotatable bonds is 6. The van der Waals surface area contributed by atoms with Gasteiger partial charge in [0.05, 0.1) is 11.3 Å². The van der Waals surface area contributed by atoms with Crippen molar-refractivity contribution in [2.45, 2.75) is 43.9 Å². The third-order valence-corrected chi connectivity index (χ3v) is 4.25. The van der Waals surface area contributed by atoms with Crippen LogP contribution in [0.2, 0.25) is 0 Å². The third-order valence-electron chi connectivity index (χ3n) is 3.28. The minimum Gasteiger partial charge on any atom is -0.338 e. The summed E-state index contributed by atoms with van der Waals surface area (Å²) in [4.78, 5) is 13.4. The quantitative estimate of drug-likeness (QED) is 0.507. The molecule has 0 radical (unpaired) electrons. The molecule has 0 fully saturated rings. The van der Waals surface area contributed by atoms with Gasteiger partial charge in [0.2, 0.25) is 5.89 Å². The molecule has 5 nitrogen and oxygen atoms in total. The van der Waals surface area contributed by atoms with Crippen molar-refractivity contribution in [3.05, 3.63) is 41.8 Å². The van der Waals surface area contributed by atoms with E-state index in [0.717, 1.165) is 46.8 Å². The highest BCUT2D eigenvalue weighted by Crippen LogP contribution is 2.27. The zero-order valence-corrected chi connectivity index (χ0v) is 13.6. The summed E-state index contributed by atoms with van der Waals surface area (Å²) in [5, 5.41) is 6.03. The molecule has 0 aliphatic heterocycles. The SMILES string of the molecule is CCCCc1noc(CSc2nc(C)nc3ccccc23)n1. The van der Waals surface area contributed by atoms with E-state index in [1.54, 1.807) is 11.8 Å². The molecule has 0 spiro atoms. The molecule has 3 aromatic rings. The Bertz CT molecular complexity index is 772. The molecule has 0 saturated carbocycles. The lowest BCUT2D eigenvalue weighted by molar-refractivity contribution is 0.384. The van der Waals surface area contributed by atoms with E-state index in [9.17, 15) is 0 Å². The van der Waals surface area contributed by atoms with E-state index in [2.05, 4.69) is 27.0 Å². The molecule has 0 bridgehead atoms. The maximum atomic E-state index is 5.30. The predicted octanol–water partition coefficient (Wildman–Crippen LogP) is 3.96. The first kappa shape index (κ1) is 15.0. The van der Waals surface area contributed by atoms with Gasteiger partial charge < -0.3 is 4.52 Å². The lowest BCUT2D eigenvalue weighted by Gasteiger charge is -2.04. The van der Waals surface area contributed by atoms with Crippen LogP contribution in [-0.4, -0.2) is 20.1 Å². The molecule has 0 unspecified atom stereocenters. The fourth-order valence-corrected chi connectivity index (χ4v) is 3.09. The van der Waals surface area contributed by atoms with Gasteiger partial charge in [-0.2, -0.15) is 4.98 Å². The van der Waals surface area contributed by atoms with Crippen LogP contribution in [0.5, 0.6) is 0 Å². The number of unbranched alkanes of at least 4 members (excludes halogenated alkanes) is 1. The van der Waals surface area contributed by atoms with E-state index in [-0.39, 0.29) is 0 Å². The van der Waals surface area contributed by atoms with Gasteiger partial charge >= 0.3 is 0 Å². The first-order chi connectivity index (χ1) is 10.8. The molecule has 2 heterocycles. The molecule has 114 valence electrons. The highest BCUT2D eigenvalue weighted by Gasteiger charge is 2.10. The Morgan fingerprint density at radius 3 is 2.86 bits per heavy atom. The first-order valence-corrected chi connectivity index (χ1v) is 8.42. The number of nitrogens with zero attached hydrogens (tertiary/aromatic N) is 4. The molecule has 1 aromatic carbocycles. The molecule has 0 aliphatic rings. The zero-order chi connectivity index (χ0) is 15.4. The van der Waals surface area contributed by atoms with Crippen LogP contribution in [0, 0.1) is 6.92 Å². The van der Waals surface area contributed by atoms with Crippen molar-refractivity contribution in [3.63, 3.8) is 0 Å². The molecule has 6 heteroatoms. The minimum atomic E-state index is 0.625. The molecular weight excluding hydrogens is 296 g/mol. The highest BCUT2D eigenvalue weighted by atomic mass is 32.2. The Labute approximate surface area is 133 Å². The number of para-hydroxylation sites is 1. The number of benzene rings is 1. The summed E-state index contributed by atoms with van der Waals surface area (Å²) in [6, 6.07) is 8.03. The third kappa shape index (κ3) is 3.44. The van der Waals surface area contributed by atoms with Gasteiger partial charge in [0.15, 0.2) is 5.82 Å². The second-order valence-corrected chi connectivity index (χ2v) is 6.05. The Balaban J connectivity index is 1.75. The molecular formula is C16H18N4OS. The van der Waals surface area contributed by atoms with Crippen LogP contribution in [0.15, 0.2) is 33.8 Å². The van der Waals surface area contributed by atoms with Crippen molar-refractivity contribution >= 4 is 22.7 Å². The van der Waals surface area contributed by atoms with E-state index >= 15 is 0 Å². The maximum absolute atomic E-state index is 5.30. The minimum absolute atomic E-state index is 0.625. The van der Waals surface area contributed by atoms with E-state index < -0.39 is 0 Å². The number of fused-ring (bicyclic) bond motifs is 1. The number of aromatic nitrogens is 4. The second-order valence-electron chi connectivity index (χ2n) is 5.09. The maximum Gasteiger partial charge on any atom is 0.237 e. The molecule has 0 atom stereocenters. The Morgan fingerprint density at radius 2 is 2.00 bits per heavy atom. The average molecular weight is 314 g/mol. The summed E-state index contributed by atoms with van der Waals surface area (Å²) in [6.45, 7) is 4.06. The summed E-state index contributed by atoms with van der Waals surface area (Å²) >= 11 is 1.61.